The Morgan fingerprint density at radius 3 is 2.42 bits per heavy atom. The molecule has 2 aromatic carbocycles. The van der Waals surface area contributed by atoms with E-state index in [9.17, 15) is 18.0 Å². The summed E-state index contributed by atoms with van der Waals surface area (Å²) < 4.78 is 37.5. The number of nitrogens with zero attached hydrogens (tertiary/aromatic N) is 1. The van der Waals surface area contributed by atoms with Crippen LogP contribution < -0.4 is 10.1 Å². The number of benzene rings is 2. The van der Waals surface area contributed by atoms with Gasteiger partial charge >= 0.3 is 5.97 Å². The maximum Gasteiger partial charge on any atom is 0.310 e. The lowest BCUT2D eigenvalue weighted by Crippen LogP contribution is -2.35. The number of methoxy groups -OCH3 is 1. The predicted octanol–water partition coefficient (Wildman–Crippen LogP) is 2.59. The topological polar surface area (TPSA) is 102 Å². The first kappa shape index (κ1) is 22.8. The average molecular weight is 447 g/mol. The molecule has 2 aromatic rings. The van der Waals surface area contributed by atoms with E-state index in [4.69, 9.17) is 9.47 Å². The van der Waals surface area contributed by atoms with Crippen molar-refractivity contribution in [3.05, 3.63) is 54.1 Å². The lowest BCUT2D eigenvalue weighted by molar-refractivity contribution is -0.146. The van der Waals surface area contributed by atoms with Crippen molar-refractivity contribution < 1.29 is 27.5 Å². The largest absolute Gasteiger partial charge is 0.495 e. The summed E-state index contributed by atoms with van der Waals surface area (Å²) in [4.78, 5) is 24.3. The van der Waals surface area contributed by atoms with E-state index in [1.54, 1.807) is 12.1 Å². The smallest absolute Gasteiger partial charge is 0.310 e. The number of sulfonamides is 1. The molecule has 0 aliphatic carbocycles. The third-order valence-corrected chi connectivity index (χ3v) is 6.85. The van der Waals surface area contributed by atoms with Crippen LogP contribution in [0.25, 0.3) is 0 Å². The van der Waals surface area contributed by atoms with E-state index >= 15 is 0 Å². The van der Waals surface area contributed by atoms with Gasteiger partial charge in [-0.25, -0.2) is 8.42 Å². The highest BCUT2D eigenvalue weighted by Crippen LogP contribution is 2.30. The number of piperidine rings is 1. The lowest BCUT2D eigenvalue weighted by Gasteiger charge is -2.26. The molecule has 8 nitrogen and oxygen atoms in total. The molecule has 0 aromatic heterocycles. The van der Waals surface area contributed by atoms with Gasteiger partial charge in [0.1, 0.15) is 5.75 Å². The first-order valence-electron chi connectivity index (χ1n) is 10.1. The third-order valence-electron chi connectivity index (χ3n) is 4.95. The Hall–Kier alpha value is -2.91. The number of amides is 1. The number of carbonyl (C=O) groups excluding carboxylic acids is 2. The quantitative estimate of drug-likeness (QED) is 0.626. The summed E-state index contributed by atoms with van der Waals surface area (Å²) in [7, 11) is -2.24. The van der Waals surface area contributed by atoms with Crippen LogP contribution in [-0.4, -0.2) is 51.4 Å². The van der Waals surface area contributed by atoms with E-state index in [0.717, 1.165) is 24.8 Å². The van der Waals surface area contributed by atoms with Crippen LogP contribution in [0.3, 0.4) is 0 Å². The Morgan fingerprint density at radius 1 is 1.03 bits per heavy atom. The fourth-order valence-corrected chi connectivity index (χ4v) is 4.89. The SMILES string of the molecule is COc1ccc(S(=O)(=O)N2CCCCC2)cc1NC(=O)COC(=O)Cc1ccccc1. The molecule has 0 saturated carbocycles. The predicted molar refractivity (Wildman–Crippen MR) is 115 cm³/mol. The van der Waals surface area contributed by atoms with Crippen molar-refractivity contribution in [2.24, 2.45) is 0 Å². The summed E-state index contributed by atoms with van der Waals surface area (Å²) in [6, 6.07) is 13.4. The van der Waals surface area contributed by atoms with Gasteiger partial charge in [-0.05, 0) is 36.6 Å². The average Bonchev–Trinajstić information content (AvgIpc) is 2.79. The zero-order valence-electron chi connectivity index (χ0n) is 17.4. The monoisotopic (exact) mass is 446 g/mol. The van der Waals surface area contributed by atoms with Crippen LogP contribution in [0.4, 0.5) is 5.69 Å². The standard InChI is InChI=1S/C22H26N2O6S/c1-29-20-11-10-18(31(27,28)24-12-6-3-7-13-24)15-19(20)23-21(25)16-30-22(26)14-17-8-4-2-5-9-17/h2,4-5,8-11,15H,3,6-7,12-14,16H2,1H3,(H,23,25). The third kappa shape index (κ3) is 6.05. The maximum atomic E-state index is 12.9. The van der Waals surface area contributed by atoms with E-state index < -0.39 is 28.5 Å². The van der Waals surface area contributed by atoms with Crippen LogP contribution in [-0.2, 0) is 30.8 Å². The number of hydrogen-bond donors (Lipinski definition) is 1. The highest BCUT2D eigenvalue weighted by molar-refractivity contribution is 7.89. The van der Waals surface area contributed by atoms with Gasteiger partial charge in [-0.15, -0.1) is 0 Å². The highest BCUT2D eigenvalue weighted by atomic mass is 32.2. The number of esters is 1. The summed E-state index contributed by atoms with van der Waals surface area (Å²) in [5.74, 6) is -0.816. The second-order valence-corrected chi connectivity index (χ2v) is 9.14. The second kappa shape index (κ2) is 10.4. The summed E-state index contributed by atoms with van der Waals surface area (Å²) in [6.45, 7) is 0.471. The van der Waals surface area contributed by atoms with Gasteiger partial charge in [-0.3, -0.25) is 9.59 Å². The minimum absolute atomic E-state index is 0.0566. The molecule has 1 aliphatic rings. The molecule has 1 saturated heterocycles. The van der Waals surface area contributed by atoms with Crippen molar-refractivity contribution in [1.82, 2.24) is 4.31 Å². The van der Waals surface area contributed by atoms with Gasteiger partial charge < -0.3 is 14.8 Å². The molecule has 1 fully saturated rings. The van der Waals surface area contributed by atoms with Gasteiger partial charge in [0.05, 0.1) is 24.1 Å². The zero-order chi connectivity index (χ0) is 22.3. The molecule has 31 heavy (non-hydrogen) atoms. The Morgan fingerprint density at radius 2 is 1.74 bits per heavy atom. The zero-order valence-corrected chi connectivity index (χ0v) is 18.2. The number of ether oxygens (including phenoxy) is 2. The molecule has 0 bridgehead atoms. The number of rotatable bonds is 8. The first-order chi connectivity index (χ1) is 14.9. The molecule has 0 radical (unpaired) electrons. The summed E-state index contributed by atoms with van der Waals surface area (Å²) >= 11 is 0. The normalized spacial score (nSPS) is 14.6. The summed E-state index contributed by atoms with van der Waals surface area (Å²) in [5.41, 5.74) is 0.981. The number of anilines is 1. The van der Waals surface area contributed by atoms with Crippen LogP contribution in [0, 0.1) is 0 Å². The lowest BCUT2D eigenvalue weighted by atomic mass is 10.2. The highest BCUT2D eigenvalue weighted by Gasteiger charge is 2.27. The second-order valence-electron chi connectivity index (χ2n) is 7.20. The summed E-state index contributed by atoms with van der Waals surface area (Å²) in [6.07, 6.45) is 2.72. The Labute approximate surface area is 182 Å². The van der Waals surface area contributed by atoms with E-state index in [1.807, 2.05) is 18.2 Å². The fraction of sp³-hybridized carbons (Fsp3) is 0.364. The van der Waals surface area contributed by atoms with Gasteiger partial charge in [0.25, 0.3) is 5.91 Å². The Bertz CT molecular complexity index is 1020. The molecular formula is C22H26N2O6S. The molecule has 1 N–H and O–H groups in total. The van der Waals surface area contributed by atoms with Crippen LogP contribution in [0.2, 0.25) is 0 Å². The van der Waals surface area contributed by atoms with Gasteiger partial charge in [0, 0.05) is 13.1 Å². The molecule has 0 spiro atoms. The van der Waals surface area contributed by atoms with E-state index in [-0.39, 0.29) is 17.0 Å². The van der Waals surface area contributed by atoms with Crippen molar-refractivity contribution in [3.63, 3.8) is 0 Å². The molecule has 3 rings (SSSR count). The molecule has 0 unspecified atom stereocenters. The molecule has 0 atom stereocenters. The maximum absolute atomic E-state index is 12.9. The van der Waals surface area contributed by atoms with Crippen molar-refractivity contribution in [3.8, 4) is 5.75 Å². The van der Waals surface area contributed by atoms with Crippen LogP contribution in [0.15, 0.2) is 53.4 Å². The molecular weight excluding hydrogens is 420 g/mol. The van der Waals surface area contributed by atoms with E-state index in [0.29, 0.717) is 18.8 Å². The minimum Gasteiger partial charge on any atom is -0.495 e. The van der Waals surface area contributed by atoms with Crippen molar-refractivity contribution in [2.45, 2.75) is 30.6 Å². The van der Waals surface area contributed by atoms with Crippen LogP contribution in [0.1, 0.15) is 24.8 Å². The first-order valence-corrected chi connectivity index (χ1v) is 11.5. The van der Waals surface area contributed by atoms with Crippen molar-refractivity contribution >= 4 is 27.6 Å². The fourth-order valence-electron chi connectivity index (χ4n) is 3.35. The van der Waals surface area contributed by atoms with Crippen LogP contribution in [0.5, 0.6) is 5.75 Å². The van der Waals surface area contributed by atoms with Crippen molar-refractivity contribution in [2.75, 3.05) is 32.1 Å². The van der Waals surface area contributed by atoms with E-state index in [1.165, 1.54) is 29.6 Å². The van der Waals surface area contributed by atoms with Gasteiger partial charge in [0.15, 0.2) is 6.61 Å². The number of nitrogens with one attached hydrogen (secondary N) is 1. The molecule has 1 amide bonds. The van der Waals surface area contributed by atoms with Gasteiger partial charge in [0.2, 0.25) is 10.0 Å². The van der Waals surface area contributed by atoms with Gasteiger partial charge in [-0.2, -0.15) is 4.31 Å². The van der Waals surface area contributed by atoms with Crippen molar-refractivity contribution in [1.29, 1.82) is 0 Å². The van der Waals surface area contributed by atoms with Crippen LogP contribution >= 0.6 is 0 Å². The van der Waals surface area contributed by atoms with E-state index in [2.05, 4.69) is 5.32 Å². The molecule has 9 heteroatoms. The molecule has 1 aliphatic heterocycles. The number of hydrogen-bond acceptors (Lipinski definition) is 6. The minimum atomic E-state index is -3.66. The van der Waals surface area contributed by atoms with Gasteiger partial charge in [-0.1, -0.05) is 36.8 Å². The number of carbonyl (C=O) groups is 2. The Balaban J connectivity index is 1.65. The molecule has 1 heterocycles. The Kier molecular flexibility index (Phi) is 7.64. The molecule has 166 valence electrons. The summed E-state index contributed by atoms with van der Waals surface area (Å²) in [5, 5.41) is 2.57.